The molecule has 2 aliphatic heterocycles. The molecule has 0 bridgehead atoms. The highest BCUT2D eigenvalue weighted by atomic mass is 31.2. The van der Waals surface area contributed by atoms with E-state index in [1.165, 1.54) is 6.07 Å². The summed E-state index contributed by atoms with van der Waals surface area (Å²) in [5.74, 6) is -6.20. The lowest BCUT2D eigenvalue weighted by molar-refractivity contribution is -0.289. The number of aromatic nitrogens is 2. The summed E-state index contributed by atoms with van der Waals surface area (Å²) in [5, 5.41) is 72.7. The van der Waals surface area contributed by atoms with E-state index in [0.29, 0.717) is 0 Å². The molecule has 0 aliphatic carbocycles. The number of anilines is 1. The number of carboxylic acids is 1. The topological polar surface area (TPSA) is 323 Å². The lowest BCUT2D eigenvalue weighted by atomic mass is 9.88. The van der Waals surface area contributed by atoms with E-state index in [2.05, 4.69) is 10.3 Å². The van der Waals surface area contributed by atoms with E-state index in [1.807, 2.05) is 0 Å². The Morgan fingerprint density at radius 2 is 1.98 bits per heavy atom. The second-order valence-electron chi connectivity index (χ2n) is 9.32. The first-order valence-corrected chi connectivity index (χ1v) is 13.4. The van der Waals surface area contributed by atoms with Gasteiger partial charge in [0.15, 0.2) is 6.23 Å². The molecule has 1 aromatic rings. The van der Waals surface area contributed by atoms with Gasteiger partial charge < -0.3 is 61.2 Å². The van der Waals surface area contributed by atoms with Crippen molar-refractivity contribution in [2.24, 2.45) is 0 Å². The van der Waals surface area contributed by atoms with Crippen LogP contribution in [0, 0.1) is 0 Å². The number of hydrogen-bond donors (Lipinski definition) is 10. The summed E-state index contributed by atoms with van der Waals surface area (Å²) in [6, 6.07) is -0.362. The van der Waals surface area contributed by atoms with Crippen LogP contribution in [0.15, 0.2) is 17.1 Å². The number of aliphatic hydroxyl groups excluding tert-OH is 6. The van der Waals surface area contributed by atoms with Crippen LogP contribution >= 0.6 is 7.82 Å². The van der Waals surface area contributed by atoms with E-state index in [-0.39, 0.29) is 5.82 Å². The van der Waals surface area contributed by atoms with Crippen LogP contribution in [0.2, 0.25) is 0 Å². The molecule has 1 unspecified atom stereocenters. The zero-order valence-corrected chi connectivity index (χ0v) is 22.1. The van der Waals surface area contributed by atoms with Crippen molar-refractivity contribution in [3.8, 4) is 0 Å². The maximum atomic E-state index is 12.8. The van der Waals surface area contributed by atoms with Gasteiger partial charge in [-0.1, -0.05) is 0 Å². The fourth-order valence-electron chi connectivity index (χ4n) is 4.32. The number of hydrogen-bond acceptors (Lipinski definition) is 16. The Labute approximate surface area is 230 Å². The van der Waals surface area contributed by atoms with Crippen molar-refractivity contribution in [3.63, 3.8) is 0 Å². The van der Waals surface area contributed by atoms with Crippen molar-refractivity contribution >= 4 is 25.5 Å². The highest BCUT2D eigenvalue weighted by molar-refractivity contribution is 7.47. The van der Waals surface area contributed by atoms with Crippen molar-refractivity contribution in [2.45, 2.75) is 74.1 Å². The molecule has 11 N–H and O–H groups in total. The van der Waals surface area contributed by atoms with Gasteiger partial charge in [-0.05, 0) is 6.07 Å². The van der Waals surface area contributed by atoms with Gasteiger partial charge in [0, 0.05) is 19.5 Å². The lowest BCUT2D eigenvalue weighted by Gasteiger charge is -2.46. The number of rotatable bonds is 11. The highest BCUT2D eigenvalue weighted by Crippen LogP contribution is 2.51. The molecule has 0 radical (unpaired) electrons. The van der Waals surface area contributed by atoms with E-state index in [1.54, 1.807) is 0 Å². The first-order valence-electron chi connectivity index (χ1n) is 11.9. The van der Waals surface area contributed by atoms with Crippen molar-refractivity contribution in [2.75, 3.05) is 18.9 Å². The molecule has 2 aliphatic rings. The third-order valence-corrected chi connectivity index (χ3v) is 7.32. The molecule has 20 nitrogen and oxygen atoms in total. The molecule has 2 fully saturated rings. The molecule has 1 amide bonds. The minimum Gasteiger partial charge on any atom is -0.477 e. The monoisotopic (exact) mass is 614 g/mol. The summed E-state index contributed by atoms with van der Waals surface area (Å²) < 4.78 is 33.7. The summed E-state index contributed by atoms with van der Waals surface area (Å²) >= 11 is 0. The maximum Gasteiger partial charge on any atom is 0.475 e. The zero-order chi connectivity index (χ0) is 30.9. The smallest absolute Gasteiger partial charge is 0.475 e. The molecule has 41 heavy (non-hydrogen) atoms. The van der Waals surface area contributed by atoms with Gasteiger partial charge >= 0.3 is 19.5 Å². The van der Waals surface area contributed by atoms with E-state index in [0.717, 1.165) is 17.7 Å². The largest absolute Gasteiger partial charge is 0.477 e. The van der Waals surface area contributed by atoms with E-state index in [9.17, 15) is 59.6 Å². The zero-order valence-electron chi connectivity index (χ0n) is 21.2. The number of aliphatic carboxylic acids is 1. The summed E-state index contributed by atoms with van der Waals surface area (Å²) in [4.78, 5) is 49.6. The van der Waals surface area contributed by atoms with Crippen LogP contribution in [0.25, 0.3) is 0 Å². The number of phosphoric acid groups is 1. The van der Waals surface area contributed by atoms with Gasteiger partial charge in [-0.25, -0.2) is 18.7 Å². The van der Waals surface area contributed by atoms with Crippen LogP contribution in [-0.2, 0) is 32.7 Å². The molecule has 2 saturated heterocycles. The third-order valence-electron chi connectivity index (χ3n) is 6.31. The summed E-state index contributed by atoms with van der Waals surface area (Å²) in [5.41, 5.74) is 4.46. The van der Waals surface area contributed by atoms with Crippen LogP contribution in [0.3, 0.4) is 0 Å². The van der Waals surface area contributed by atoms with E-state index < -0.39 is 106 Å². The lowest BCUT2D eigenvalue weighted by Crippen LogP contribution is -2.67. The second-order valence-corrected chi connectivity index (χ2v) is 10.7. The van der Waals surface area contributed by atoms with Crippen molar-refractivity contribution in [1.29, 1.82) is 0 Å². The number of amides is 1. The van der Waals surface area contributed by atoms with Crippen molar-refractivity contribution in [1.82, 2.24) is 14.9 Å². The maximum absolute atomic E-state index is 12.8. The van der Waals surface area contributed by atoms with Gasteiger partial charge in [0.05, 0.1) is 25.4 Å². The Hall–Kier alpha value is -2.59. The number of carbonyl (C=O) groups is 2. The standard InChI is InChI=1S/C20H31N4O16P/c1-7(26)22-12-8(27)4-20(18(32)33,39-16(12)13(29)9(28)5-25)40-41(35,36)37-6-10-14(30)15(31)17(38-10)24-3-2-11(21)23-19(24)34/h2-3,8-10,12-17,25,27-31H,4-6H2,1H3,(H,22,26)(H,32,33)(H,35,36)(H2,21,23,34)/t8-,9-,10-,12-,13-,14-,15-,16+,17-,20+/m1/s1. The third kappa shape index (κ3) is 7.25. The number of nitrogen functional groups attached to an aromatic ring is 1. The van der Waals surface area contributed by atoms with Crippen LogP contribution in [-0.4, -0.2) is 130 Å². The van der Waals surface area contributed by atoms with E-state index >= 15 is 0 Å². The Balaban J connectivity index is 1.79. The van der Waals surface area contributed by atoms with Gasteiger partial charge in [-0.2, -0.15) is 4.98 Å². The molecule has 11 atom stereocenters. The second kappa shape index (κ2) is 12.7. The first kappa shape index (κ1) is 32.9. The van der Waals surface area contributed by atoms with Gasteiger partial charge in [-0.3, -0.25) is 13.9 Å². The predicted molar refractivity (Wildman–Crippen MR) is 128 cm³/mol. The number of aliphatic hydroxyl groups is 6. The number of carbonyl (C=O) groups excluding carboxylic acids is 1. The molecule has 21 heteroatoms. The fourth-order valence-corrected chi connectivity index (χ4v) is 5.27. The van der Waals surface area contributed by atoms with Gasteiger partial charge in [0.25, 0.3) is 5.79 Å². The number of nitrogens with two attached hydrogens (primary N) is 1. The first-order chi connectivity index (χ1) is 19.0. The number of carboxylic acid groups (broad SMARTS) is 1. The van der Waals surface area contributed by atoms with Crippen LogP contribution in [0.1, 0.15) is 19.6 Å². The van der Waals surface area contributed by atoms with Crippen molar-refractivity contribution in [3.05, 3.63) is 22.7 Å². The molecule has 0 aromatic carbocycles. The quantitative estimate of drug-likeness (QED) is 0.104. The van der Waals surface area contributed by atoms with Gasteiger partial charge in [0.2, 0.25) is 5.91 Å². The number of nitrogens with one attached hydrogen (secondary N) is 1. The average Bonchev–Trinajstić information content (AvgIpc) is 3.16. The Bertz CT molecular complexity index is 1220. The molecule has 232 valence electrons. The van der Waals surface area contributed by atoms with Gasteiger partial charge in [0.1, 0.15) is 42.4 Å². The predicted octanol–water partition coefficient (Wildman–Crippen LogP) is -5.27. The fraction of sp³-hybridized carbons (Fsp3) is 0.700. The molecule has 0 saturated carbocycles. The molecule has 3 heterocycles. The van der Waals surface area contributed by atoms with Crippen LogP contribution in [0.5, 0.6) is 0 Å². The number of nitrogens with zero attached hydrogens (tertiary/aromatic N) is 2. The summed E-state index contributed by atoms with van der Waals surface area (Å²) in [6.45, 7) is -1.05. The summed E-state index contributed by atoms with van der Waals surface area (Å²) in [6.07, 6.45) is -14.6. The molecular weight excluding hydrogens is 583 g/mol. The van der Waals surface area contributed by atoms with Crippen LogP contribution < -0.4 is 16.7 Å². The Morgan fingerprint density at radius 1 is 1.32 bits per heavy atom. The molecular formula is C20H31N4O16P. The number of phosphoric ester groups is 1. The minimum atomic E-state index is -5.52. The van der Waals surface area contributed by atoms with Gasteiger partial charge in [-0.15, -0.1) is 0 Å². The normalized spacial score (nSPS) is 34.9. The Morgan fingerprint density at radius 3 is 2.54 bits per heavy atom. The van der Waals surface area contributed by atoms with E-state index in [4.69, 9.17) is 24.3 Å². The minimum absolute atomic E-state index is 0.135. The SMILES string of the molecule is CC(=O)N[C@H]1[C@@H]([C@H](O)[C@H](O)CO)O[C@@](OP(=O)(O)OC[C@H]2O[C@@H](n3ccc(N)nc3=O)[C@H](O)[C@@H]2O)(C(=O)O)C[C@H]1O. The molecule has 0 spiro atoms. The Kier molecular flexibility index (Phi) is 10.2. The average molecular weight is 614 g/mol. The summed E-state index contributed by atoms with van der Waals surface area (Å²) in [7, 11) is -5.52. The molecule has 1 aromatic heterocycles. The number of ether oxygens (including phenoxy) is 2. The molecule has 3 rings (SSSR count). The van der Waals surface area contributed by atoms with Crippen molar-refractivity contribution < 1.29 is 73.3 Å². The highest BCUT2D eigenvalue weighted by Gasteiger charge is 2.59. The van der Waals surface area contributed by atoms with Crippen LogP contribution in [0.4, 0.5) is 5.82 Å².